The fraction of sp³-hybridized carbons (Fsp3) is 0.357. The Morgan fingerprint density at radius 1 is 1.06 bits per heavy atom. The molecule has 1 unspecified atom stereocenters. The van der Waals surface area contributed by atoms with Gasteiger partial charge in [0.25, 0.3) is 0 Å². The van der Waals surface area contributed by atoms with Crippen LogP contribution in [0.15, 0.2) is 60.0 Å². The van der Waals surface area contributed by atoms with Crippen LogP contribution >= 0.6 is 11.3 Å². The standard InChI is InChI=1S/C28H32N2O4S/c1-19-10-15-25(34-3)24(17-19)30(26(31)18-23-9-6-16-35-23)27(20-11-13-22(33-2)14-12-20)28(32)29-21-7-4-5-8-21/h6,9-17,21,27H,4-5,7-8,18H2,1-3H3,(H,29,32). The molecule has 0 spiro atoms. The lowest BCUT2D eigenvalue weighted by Crippen LogP contribution is -2.47. The molecular weight excluding hydrogens is 460 g/mol. The normalized spacial score (nSPS) is 14.4. The molecular formula is C28H32N2O4S. The monoisotopic (exact) mass is 492 g/mol. The van der Waals surface area contributed by atoms with Crippen LogP contribution in [0.4, 0.5) is 5.69 Å². The maximum absolute atomic E-state index is 13.9. The van der Waals surface area contributed by atoms with Gasteiger partial charge >= 0.3 is 0 Å². The molecule has 4 rings (SSSR count). The van der Waals surface area contributed by atoms with Crippen molar-refractivity contribution in [2.75, 3.05) is 19.1 Å². The molecule has 2 amide bonds. The van der Waals surface area contributed by atoms with Crippen molar-refractivity contribution in [3.63, 3.8) is 0 Å². The Kier molecular flexibility index (Phi) is 8.08. The van der Waals surface area contributed by atoms with Gasteiger partial charge < -0.3 is 14.8 Å². The van der Waals surface area contributed by atoms with Gasteiger partial charge in [-0.1, -0.05) is 37.1 Å². The molecule has 1 heterocycles. The quantitative estimate of drug-likeness (QED) is 0.431. The van der Waals surface area contributed by atoms with Crippen LogP contribution in [-0.4, -0.2) is 32.1 Å². The molecule has 0 bridgehead atoms. The maximum atomic E-state index is 13.9. The van der Waals surface area contributed by atoms with Crippen molar-refractivity contribution in [1.82, 2.24) is 5.32 Å². The lowest BCUT2D eigenvalue weighted by molar-refractivity contribution is -0.127. The number of nitrogens with zero attached hydrogens (tertiary/aromatic N) is 1. The van der Waals surface area contributed by atoms with E-state index in [4.69, 9.17) is 9.47 Å². The molecule has 6 nitrogen and oxygen atoms in total. The number of carbonyl (C=O) groups excluding carboxylic acids is 2. The molecule has 1 aliphatic rings. The summed E-state index contributed by atoms with van der Waals surface area (Å²) in [6, 6.07) is 16.2. The van der Waals surface area contributed by atoms with Crippen molar-refractivity contribution in [3.8, 4) is 11.5 Å². The minimum absolute atomic E-state index is 0.122. The number of carbonyl (C=O) groups is 2. The summed E-state index contributed by atoms with van der Waals surface area (Å²) in [4.78, 5) is 30.4. The predicted octanol–water partition coefficient (Wildman–Crippen LogP) is 5.45. The minimum atomic E-state index is -0.857. The molecule has 0 aliphatic heterocycles. The van der Waals surface area contributed by atoms with E-state index in [-0.39, 0.29) is 24.3 Å². The lowest BCUT2D eigenvalue weighted by Gasteiger charge is -2.33. The smallest absolute Gasteiger partial charge is 0.248 e. The Labute approximate surface area is 210 Å². The number of thiophene rings is 1. The molecule has 0 saturated heterocycles. The molecule has 3 aromatic rings. The zero-order valence-corrected chi connectivity index (χ0v) is 21.3. The van der Waals surface area contributed by atoms with E-state index in [1.807, 2.05) is 66.9 Å². The number of hydrogen-bond acceptors (Lipinski definition) is 5. The van der Waals surface area contributed by atoms with Crippen molar-refractivity contribution in [3.05, 3.63) is 76.0 Å². The lowest BCUT2D eigenvalue weighted by atomic mass is 10.0. The summed E-state index contributed by atoms with van der Waals surface area (Å²) in [5.41, 5.74) is 2.26. The predicted molar refractivity (Wildman–Crippen MR) is 139 cm³/mol. The molecule has 0 radical (unpaired) electrons. The van der Waals surface area contributed by atoms with Crippen molar-refractivity contribution < 1.29 is 19.1 Å². The van der Waals surface area contributed by atoms with E-state index >= 15 is 0 Å². The highest BCUT2D eigenvalue weighted by atomic mass is 32.1. The first-order chi connectivity index (χ1) is 17.0. The van der Waals surface area contributed by atoms with Gasteiger partial charge in [-0.3, -0.25) is 14.5 Å². The van der Waals surface area contributed by atoms with E-state index in [0.717, 1.165) is 36.1 Å². The van der Waals surface area contributed by atoms with Gasteiger partial charge in [-0.05, 0) is 66.6 Å². The van der Waals surface area contributed by atoms with Gasteiger partial charge in [0, 0.05) is 10.9 Å². The largest absolute Gasteiger partial charge is 0.497 e. The van der Waals surface area contributed by atoms with Crippen LogP contribution in [0.25, 0.3) is 0 Å². The van der Waals surface area contributed by atoms with Crippen molar-refractivity contribution >= 4 is 28.8 Å². The second-order valence-electron chi connectivity index (χ2n) is 8.86. The summed E-state index contributed by atoms with van der Waals surface area (Å²) in [6.45, 7) is 1.96. The number of amides is 2. The topological polar surface area (TPSA) is 67.9 Å². The number of aryl methyl sites for hydroxylation is 1. The molecule has 1 fully saturated rings. The molecule has 1 aliphatic carbocycles. The first kappa shape index (κ1) is 24.8. The highest BCUT2D eigenvalue weighted by molar-refractivity contribution is 7.10. The van der Waals surface area contributed by atoms with Crippen LogP contribution < -0.4 is 19.7 Å². The molecule has 1 saturated carbocycles. The molecule has 1 aromatic heterocycles. The Bertz CT molecular complexity index is 1140. The summed E-state index contributed by atoms with van der Waals surface area (Å²) in [5.74, 6) is 0.875. The third kappa shape index (κ3) is 5.85. The fourth-order valence-electron chi connectivity index (χ4n) is 4.61. The average Bonchev–Trinajstić information content (AvgIpc) is 3.57. The molecule has 7 heteroatoms. The first-order valence-electron chi connectivity index (χ1n) is 11.9. The van der Waals surface area contributed by atoms with Gasteiger partial charge in [-0.2, -0.15) is 0 Å². The molecule has 1 atom stereocenters. The second kappa shape index (κ2) is 11.4. The van der Waals surface area contributed by atoms with E-state index in [2.05, 4.69) is 5.32 Å². The average molecular weight is 493 g/mol. The number of benzene rings is 2. The van der Waals surface area contributed by atoms with Gasteiger partial charge in [0.2, 0.25) is 11.8 Å². The zero-order chi connectivity index (χ0) is 24.8. The number of hydrogen-bond donors (Lipinski definition) is 1. The highest BCUT2D eigenvalue weighted by Gasteiger charge is 2.36. The van der Waals surface area contributed by atoms with Gasteiger partial charge in [0.05, 0.1) is 26.3 Å². The van der Waals surface area contributed by atoms with Crippen LogP contribution in [-0.2, 0) is 16.0 Å². The molecule has 35 heavy (non-hydrogen) atoms. The Balaban J connectivity index is 1.82. The van der Waals surface area contributed by atoms with Crippen LogP contribution in [0.2, 0.25) is 0 Å². The van der Waals surface area contributed by atoms with Gasteiger partial charge in [0.15, 0.2) is 0 Å². The minimum Gasteiger partial charge on any atom is -0.497 e. The summed E-state index contributed by atoms with van der Waals surface area (Å²) in [5, 5.41) is 5.17. The SMILES string of the molecule is COc1ccc(C(C(=O)NC2CCCC2)N(C(=O)Cc2cccs2)c2cc(C)ccc2OC)cc1. The Morgan fingerprint density at radius 2 is 1.80 bits per heavy atom. The fourth-order valence-corrected chi connectivity index (χ4v) is 5.30. The van der Waals surface area contributed by atoms with Crippen LogP contribution in [0.3, 0.4) is 0 Å². The number of anilines is 1. The Hall–Kier alpha value is -3.32. The van der Waals surface area contributed by atoms with E-state index in [1.165, 1.54) is 11.3 Å². The van der Waals surface area contributed by atoms with Gasteiger partial charge in [-0.25, -0.2) is 0 Å². The molecule has 184 valence electrons. The summed E-state index contributed by atoms with van der Waals surface area (Å²) in [7, 11) is 3.19. The van der Waals surface area contributed by atoms with Gasteiger partial charge in [0.1, 0.15) is 17.5 Å². The van der Waals surface area contributed by atoms with Crippen LogP contribution in [0.1, 0.15) is 47.7 Å². The van der Waals surface area contributed by atoms with Crippen molar-refractivity contribution in [2.24, 2.45) is 0 Å². The Morgan fingerprint density at radius 3 is 2.43 bits per heavy atom. The first-order valence-corrected chi connectivity index (χ1v) is 12.8. The van der Waals surface area contributed by atoms with Crippen molar-refractivity contribution in [2.45, 2.75) is 51.1 Å². The van der Waals surface area contributed by atoms with Crippen LogP contribution in [0, 0.1) is 6.92 Å². The summed E-state index contributed by atoms with van der Waals surface area (Å²) >= 11 is 1.53. The van der Waals surface area contributed by atoms with Crippen LogP contribution in [0.5, 0.6) is 11.5 Å². The van der Waals surface area contributed by atoms with E-state index < -0.39 is 6.04 Å². The molecule has 1 N–H and O–H groups in total. The van der Waals surface area contributed by atoms with Gasteiger partial charge in [-0.15, -0.1) is 11.3 Å². The maximum Gasteiger partial charge on any atom is 0.248 e. The molecule has 2 aromatic carbocycles. The van der Waals surface area contributed by atoms with E-state index in [0.29, 0.717) is 22.7 Å². The number of ether oxygens (including phenoxy) is 2. The van der Waals surface area contributed by atoms with E-state index in [1.54, 1.807) is 19.1 Å². The van der Waals surface area contributed by atoms with E-state index in [9.17, 15) is 9.59 Å². The number of rotatable bonds is 9. The second-order valence-corrected chi connectivity index (χ2v) is 9.89. The zero-order valence-electron chi connectivity index (χ0n) is 20.5. The number of nitrogens with one attached hydrogen (secondary N) is 1. The number of methoxy groups -OCH3 is 2. The summed E-state index contributed by atoms with van der Waals surface area (Å²) < 4.78 is 11.0. The third-order valence-electron chi connectivity index (χ3n) is 6.41. The van der Waals surface area contributed by atoms with Crippen molar-refractivity contribution in [1.29, 1.82) is 0 Å². The summed E-state index contributed by atoms with van der Waals surface area (Å²) in [6.07, 6.45) is 4.31. The highest BCUT2D eigenvalue weighted by Crippen LogP contribution is 2.37. The third-order valence-corrected chi connectivity index (χ3v) is 7.28.